The van der Waals surface area contributed by atoms with Crippen molar-refractivity contribution in [2.75, 3.05) is 31.7 Å². The van der Waals surface area contributed by atoms with Crippen LogP contribution in [0.5, 0.6) is 0 Å². The van der Waals surface area contributed by atoms with Gasteiger partial charge in [0.15, 0.2) is 0 Å². The van der Waals surface area contributed by atoms with Crippen LogP contribution in [0.4, 0.5) is 0 Å². The van der Waals surface area contributed by atoms with Crippen LogP contribution in [-0.2, 0) is 4.79 Å². The molecular weight excluding hydrogens is 344 g/mol. The predicted octanol–water partition coefficient (Wildman–Crippen LogP) is 2.95. The van der Waals surface area contributed by atoms with Crippen LogP contribution < -0.4 is 5.32 Å². The van der Waals surface area contributed by atoms with Gasteiger partial charge < -0.3 is 10.4 Å². The number of amides is 1. The number of likely N-dealkylation sites (tertiary alicyclic amines) is 1. The molecule has 0 saturated carbocycles. The summed E-state index contributed by atoms with van der Waals surface area (Å²) < 4.78 is 0. The van der Waals surface area contributed by atoms with E-state index in [9.17, 15) is 9.90 Å². The highest BCUT2D eigenvalue weighted by molar-refractivity contribution is 7.99. The van der Waals surface area contributed by atoms with Gasteiger partial charge in [0.25, 0.3) is 0 Å². The van der Waals surface area contributed by atoms with Gasteiger partial charge in [-0.3, -0.25) is 9.69 Å². The van der Waals surface area contributed by atoms with E-state index in [1.165, 1.54) is 17.3 Å². The summed E-state index contributed by atoms with van der Waals surface area (Å²) in [5.41, 5.74) is 0.913. The second kappa shape index (κ2) is 8.56. The van der Waals surface area contributed by atoms with Crippen LogP contribution >= 0.6 is 23.4 Å². The van der Waals surface area contributed by atoms with E-state index in [1.54, 1.807) is 0 Å². The van der Waals surface area contributed by atoms with Crippen LogP contribution in [0.2, 0.25) is 5.02 Å². The number of carbonyl (C=O) groups is 1. The number of carbonyl (C=O) groups excluding carboxylic acids is 1. The molecule has 2 rings (SSSR count). The number of nitrogens with zero attached hydrogens (tertiary/aromatic N) is 1. The maximum atomic E-state index is 11.9. The molecule has 1 saturated heterocycles. The fourth-order valence-electron chi connectivity index (χ4n) is 3.84. The van der Waals surface area contributed by atoms with Crippen LogP contribution in [-0.4, -0.2) is 53.2 Å². The zero-order valence-corrected chi connectivity index (χ0v) is 16.2. The van der Waals surface area contributed by atoms with Gasteiger partial charge in [-0.05, 0) is 49.8 Å². The number of hydrogen-bond acceptors (Lipinski definition) is 4. The number of hydrogen-bond donors (Lipinski definition) is 2. The highest BCUT2D eigenvalue weighted by atomic mass is 35.5. The standard InChI is InChI=1S/C18H27ClN2O2S/c1-4-21-17(13-5-7-15(19)8-6-13)14(9-18(21,2)12-22)10-20-16(23)11-24-3/h5-8,14,17,22H,4,9-12H2,1-3H3,(H,20,23)/t14-,17+,18+/m0/s1. The van der Waals surface area contributed by atoms with Gasteiger partial charge in [-0.1, -0.05) is 30.7 Å². The molecular formula is C18H27ClN2O2S. The van der Waals surface area contributed by atoms with Crippen LogP contribution in [0.25, 0.3) is 0 Å². The molecule has 24 heavy (non-hydrogen) atoms. The molecule has 2 N–H and O–H groups in total. The summed E-state index contributed by atoms with van der Waals surface area (Å²) >= 11 is 7.56. The van der Waals surface area contributed by atoms with Gasteiger partial charge >= 0.3 is 0 Å². The molecule has 0 radical (unpaired) electrons. The van der Waals surface area contributed by atoms with Crippen molar-refractivity contribution in [1.82, 2.24) is 10.2 Å². The minimum Gasteiger partial charge on any atom is -0.394 e. The number of benzene rings is 1. The van der Waals surface area contributed by atoms with Crippen LogP contribution in [0, 0.1) is 5.92 Å². The Hall–Kier alpha value is -0.750. The summed E-state index contributed by atoms with van der Waals surface area (Å²) in [7, 11) is 0. The number of halogens is 1. The first-order chi connectivity index (χ1) is 11.4. The number of rotatable bonds is 7. The number of likely N-dealkylation sites (N-methyl/N-ethyl adjacent to an activating group) is 1. The first-order valence-electron chi connectivity index (χ1n) is 8.34. The minimum absolute atomic E-state index is 0.0676. The smallest absolute Gasteiger partial charge is 0.229 e. The highest BCUT2D eigenvalue weighted by Crippen LogP contribution is 2.46. The normalized spacial score (nSPS) is 27.4. The molecule has 1 aromatic carbocycles. The molecule has 6 heteroatoms. The topological polar surface area (TPSA) is 52.6 Å². The lowest BCUT2D eigenvalue weighted by molar-refractivity contribution is -0.118. The summed E-state index contributed by atoms with van der Waals surface area (Å²) in [5.74, 6) is 0.805. The largest absolute Gasteiger partial charge is 0.394 e. The Labute approximate surface area is 153 Å². The van der Waals surface area contributed by atoms with Crippen molar-refractivity contribution in [2.24, 2.45) is 5.92 Å². The zero-order chi connectivity index (χ0) is 17.7. The minimum atomic E-state index is -0.270. The van der Waals surface area contributed by atoms with Crippen LogP contribution in [0.15, 0.2) is 24.3 Å². The first kappa shape index (κ1) is 19.6. The first-order valence-corrected chi connectivity index (χ1v) is 10.1. The molecule has 1 aromatic rings. The second-order valence-electron chi connectivity index (χ2n) is 6.64. The molecule has 134 valence electrons. The van der Waals surface area contributed by atoms with E-state index in [0.717, 1.165) is 18.0 Å². The van der Waals surface area contributed by atoms with Gasteiger partial charge in [0, 0.05) is 23.1 Å². The van der Waals surface area contributed by atoms with Crippen molar-refractivity contribution < 1.29 is 9.90 Å². The van der Waals surface area contributed by atoms with Gasteiger partial charge in [-0.25, -0.2) is 0 Å². The quantitative estimate of drug-likeness (QED) is 0.774. The van der Waals surface area contributed by atoms with E-state index in [0.29, 0.717) is 12.3 Å². The Balaban J connectivity index is 2.24. The van der Waals surface area contributed by atoms with E-state index in [1.807, 2.05) is 18.4 Å². The van der Waals surface area contributed by atoms with E-state index in [-0.39, 0.29) is 30.0 Å². The maximum absolute atomic E-state index is 11.9. The third kappa shape index (κ3) is 4.26. The number of nitrogens with one attached hydrogen (secondary N) is 1. The lowest BCUT2D eigenvalue weighted by Gasteiger charge is -2.37. The van der Waals surface area contributed by atoms with Gasteiger partial charge in [0.1, 0.15) is 0 Å². The fourth-order valence-corrected chi connectivity index (χ4v) is 4.33. The monoisotopic (exact) mass is 370 g/mol. The molecule has 3 atom stereocenters. The van der Waals surface area contributed by atoms with Crippen molar-refractivity contribution in [3.63, 3.8) is 0 Å². The Kier molecular flexibility index (Phi) is 6.99. The summed E-state index contributed by atoms with van der Waals surface area (Å²) in [4.78, 5) is 14.2. The molecule has 0 unspecified atom stereocenters. The van der Waals surface area contributed by atoms with Gasteiger partial charge in [-0.15, -0.1) is 0 Å². The molecule has 0 aliphatic carbocycles. The van der Waals surface area contributed by atoms with Crippen molar-refractivity contribution >= 4 is 29.3 Å². The van der Waals surface area contributed by atoms with Crippen molar-refractivity contribution in [3.05, 3.63) is 34.9 Å². The molecule has 1 aliphatic heterocycles. The number of aliphatic hydroxyl groups is 1. The average Bonchev–Trinajstić information content (AvgIpc) is 2.86. The molecule has 1 amide bonds. The highest BCUT2D eigenvalue weighted by Gasteiger charge is 2.48. The van der Waals surface area contributed by atoms with Crippen LogP contribution in [0.1, 0.15) is 31.9 Å². The second-order valence-corrected chi connectivity index (χ2v) is 7.94. The molecule has 1 fully saturated rings. The lowest BCUT2D eigenvalue weighted by atomic mass is 9.90. The Morgan fingerprint density at radius 1 is 1.46 bits per heavy atom. The number of thioether (sulfide) groups is 1. The zero-order valence-electron chi connectivity index (χ0n) is 14.6. The van der Waals surface area contributed by atoms with Crippen LogP contribution in [0.3, 0.4) is 0 Å². The van der Waals surface area contributed by atoms with E-state index in [2.05, 4.69) is 36.2 Å². The molecule has 4 nitrogen and oxygen atoms in total. The summed E-state index contributed by atoms with van der Waals surface area (Å²) in [6.45, 7) is 5.80. The van der Waals surface area contributed by atoms with Gasteiger partial charge in [0.2, 0.25) is 5.91 Å². The Bertz CT molecular complexity index is 554. The molecule has 1 aliphatic rings. The molecule has 0 spiro atoms. The molecule has 0 bridgehead atoms. The average molecular weight is 371 g/mol. The fraction of sp³-hybridized carbons (Fsp3) is 0.611. The third-order valence-corrected chi connectivity index (χ3v) is 5.71. The summed E-state index contributed by atoms with van der Waals surface area (Å²) in [6.07, 6.45) is 2.78. The van der Waals surface area contributed by atoms with Crippen molar-refractivity contribution in [2.45, 2.75) is 31.8 Å². The van der Waals surface area contributed by atoms with Gasteiger partial charge in [-0.2, -0.15) is 11.8 Å². The number of aliphatic hydroxyl groups excluding tert-OH is 1. The summed E-state index contributed by atoms with van der Waals surface area (Å²) in [5, 5.41) is 13.7. The van der Waals surface area contributed by atoms with E-state index in [4.69, 9.17) is 11.6 Å². The van der Waals surface area contributed by atoms with Gasteiger partial charge in [0.05, 0.1) is 12.4 Å². The third-order valence-electron chi connectivity index (χ3n) is 4.91. The predicted molar refractivity (Wildman–Crippen MR) is 102 cm³/mol. The summed E-state index contributed by atoms with van der Waals surface area (Å²) in [6, 6.07) is 8.08. The van der Waals surface area contributed by atoms with Crippen molar-refractivity contribution in [3.8, 4) is 0 Å². The van der Waals surface area contributed by atoms with E-state index < -0.39 is 0 Å². The lowest BCUT2D eigenvalue weighted by Crippen LogP contribution is -2.45. The van der Waals surface area contributed by atoms with E-state index >= 15 is 0 Å². The Morgan fingerprint density at radius 2 is 2.12 bits per heavy atom. The maximum Gasteiger partial charge on any atom is 0.229 e. The van der Waals surface area contributed by atoms with Crippen molar-refractivity contribution in [1.29, 1.82) is 0 Å². The molecule has 1 heterocycles. The Morgan fingerprint density at radius 3 is 2.67 bits per heavy atom. The SMILES string of the molecule is CCN1[C@H](c2ccc(Cl)cc2)[C@H](CNC(=O)CSC)C[C@]1(C)CO. The molecule has 0 aromatic heterocycles.